The number of phenolic OH excluding ortho intramolecular Hbond substituents is 5. The molecule has 0 saturated carbocycles. The molecule has 9 rings (SSSR count). The van der Waals surface area contributed by atoms with Gasteiger partial charge in [0.1, 0.15) is 24.5 Å². The van der Waals surface area contributed by atoms with Gasteiger partial charge in [-0.1, -0.05) is 103 Å². The van der Waals surface area contributed by atoms with Crippen LogP contribution >= 0.6 is 0 Å². The first-order chi connectivity index (χ1) is 30.8. The van der Waals surface area contributed by atoms with E-state index in [0.29, 0.717) is 66.4 Å². The van der Waals surface area contributed by atoms with Gasteiger partial charge in [-0.2, -0.15) is 0 Å². The molecular formula is C57H51BNO5. The summed E-state index contributed by atoms with van der Waals surface area (Å²) < 4.78 is 0. The van der Waals surface area contributed by atoms with E-state index in [1.54, 1.807) is 13.8 Å². The highest BCUT2D eigenvalue weighted by Gasteiger charge is 2.30. The Morgan fingerprint density at radius 1 is 0.484 bits per heavy atom. The molecule has 0 heterocycles. The largest absolute Gasteiger partial charge is 0.507 e. The number of anilines is 3. The highest BCUT2D eigenvalue weighted by atomic mass is 16.3. The zero-order valence-electron chi connectivity index (χ0n) is 37.3. The van der Waals surface area contributed by atoms with Gasteiger partial charge < -0.3 is 30.4 Å². The van der Waals surface area contributed by atoms with E-state index in [-0.39, 0.29) is 28.7 Å². The van der Waals surface area contributed by atoms with Gasteiger partial charge >= 0.3 is 0 Å². The van der Waals surface area contributed by atoms with Crippen LogP contribution in [-0.4, -0.2) is 32.8 Å². The molecule has 8 aromatic carbocycles. The monoisotopic (exact) mass is 840 g/mol. The average molecular weight is 841 g/mol. The zero-order chi connectivity index (χ0) is 45.1. The minimum atomic E-state index is -0.333. The standard InChI is InChI=1S/C57H51BNO5/c1-31-32(2)53(60)36(6)54(61)48(31)47-33(3)49(50-34(4)52(58-7)35(5)55(62)57(50)64)56(63)44-28-26-39-25-27-42(30-45(39)51(44)47)59(41-22-16-21-40(29-41)37-17-10-8-11-18-37)46-24-15-14-23-43(46)38-19-12-9-13-20-38/h9-10,12-30,60-64H,8,11H2,1-7H3. The average Bonchev–Trinajstić information content (AvgIpc) is 3.32. The molecule has 7 heteroatoms. The van der Waals surface area contributed by atoms with Crippen LogP contribution in [0.15, 0.2) is 127 Å². The van der Waals surface area contributed by atoms with Crippen LogP contribution in [-0.2, 0) is 0 Å². The third-order valence-corrected chi connectivity index (χ3v) is 13.4. The van der Waals surface area contributed by atoms with Crippen molar-refractivity contribution >= 4 is 56.9 Å². The van der Waals surface area contributed by atoms with E-state index in [0.717, 1.165) is 62.8 Å². The van der Waals surface area contributed by atoms with Crippen molar-refractivity contribution in [1.82, 2.24) is 0 Å². The van der Waals surface area contributed by atoms with Crippen molar-refractivity contribution in [3.63, 3.8) is 0 Å². The molecule has 1 radical (unpaired) electrons. The normalized spacial score (nSPS) is 12.5. The summed E-state index contributed by atoms with van der Waals surface area (Å²) in [5, 5.41) is 62.1. The molecular weight excluding hydrogens is 789 g/mol. The Kier molecular flexibility index (Phi) is 10.7. The first-order valence-electron chi connectivity index (χ1n) is 21.8. The fraction of sp³-hybridized carbons (Fsp3) is 0.158. The van der Waals surface area contributed by atoms with E-state index in [2.05, 4.69) is 114 Å². The Morgan fingerprint density at radius 3 is 1.89 bits per heavy atom. The summed E-state index contributed by atoms with van der Waals surface area (Å²) in [7, 11) is 1.89. The quantitative estimate of drug-likeness (QED) is 0.0593. The van der Waals surface area contributed by atoms with E-state index in [1.807, 2.05) is 60.0 Å². The molecule has 0 aromatic heterocycles. The molecule has 0 unspecified atom stereocenters. The maximum absolute atomic E-state index is 12.7. The molecule has 1 aliphatic rings. The first-order valence-corrected chi connectivity index (χ1v) is 21.8. The van der Waals surface area contributed by atoms with Crippen molar-refractivity contribution < 1.29 is 25.5 Å². The lowest BCUT2D eigenvalue weighted by molar-refractivity contribution is 0.402. The second-order valence-electron chi connectivity index (χ2n) is 17.0. The minimum absolute atomic E-state index is 0.0151. The fourth-order valence-corrected chi connectivity index (χ4v) is 9.95. The molecule has 5 N–H and O–H groups in total. The second kappa shape index (κ2) is 16.4. The van der Waals surface area contributed by atoms with Crippen LogP contribution < -0.4 is 10.4 Å². The Morgan fingerprint density at radius 2 is 1.16 bits per heavy atom. The summed E-state index contributed by atoms with van der Waals surface area (Å²) in [5.74, 6) is -0.721. The van der Waals surface area contributed by atoms with Crippen LogP contribution in [0.2, 0.25) is 6.82 Å². The van der Waals surface area contributed by atoms with Gasteiger partial charge in [-0.25, -0.2) is 0 Å². The molecule has 1 aliphatic carbocycles. The van der Waals surface area contributed by atoms with Gasteiger partial charge in [0.2, 0.25) is 0 Å². The Labute approximate surface area is 375 Å². The Hall–Kier alpha value is -7.38. The maximum atomic E-state index is 12.7. The van der Waals surface area contributed by atoms with Gasteiger partial charge in [0.25, 0.3) is 0 Å². The number of phenols is 5. The predicted octanol–water partition coefficient (Wildman–Crippen LogP) is 14.0. The fourth-order valence-electron chi connectivity index (χ4n) is 9.95. The number of nitrogens with zero attached hydrogens (tertiary/aromatic N) is 1. The highest BCUT2D eigenvalue weighted by molar-refractivity contribution is 6.53. The number of para-hydroxylation sites is 1. The van der Waals surface area contributed by atoms with Crippen LogP contribution in [0, 0.1) is 41.5 Å². The number of aromatic hydroxyl groups is 5. The third-order valence-electron chi connectivity index (χ3n) is 13.4. The van der Waals surface area contributed by atoms with Crippen molar-refractivity contribution in [3.8, 4) is 62.1 Å². The van der Waals surface area contributed by atoms with Crippen LogP contribution in [0.5, 0.6) is 28.7 Å². The molecule has 0 fully saturated rings. The lowest BCUT2D eigenvalue weighted by Gasteiger charge is -2.29. The van der Waals surface area contributed by atoms with Crippen LogP contribution in [0.3, 0.4) is 0 Å². The summed E-state index contributed by atoms with van der Waals surface area (Å²) in [5.41, 5.74) is 13.2. The number of rotatable bonds is 8. The summed E-state index contributed by atoms with van der Waals surface area (Å²) >= 11 is 0. The molecule has 317 valence electrons. The number of fused-ring (bicyclic) bond motifs is 3. The Bertz CT molecular complexity index is 3250. The van der Waals surface area contributed by atoms with Gasteiger partial charge in [-0.05, 0) is 152 Å². The summed E-state index contributed by atoms with van der Waals surface area (Å²) in [6.45, 7) is 12.8. The first kappa shape index (κ1) is 42.0. The topological polar surface area (TPSA) is 104 Å². The van der Waals surface area contributed by atoms with Gasteiger partial charge in [0.15, 0.2) is 11.5 Å². The number of allylic oxidation sites excluding steroid dienone is 4. The van der Waals surface area contributed by atoms with E-state index in [1.165, 1.54) is 5.57 Å². The van der Waals surface area contributed by atoms with E-state index in [9.17, 15) is 25.5 Å². The lowest BCUT2D eigenvalue weighted by Crippen LogP contribution is -2.20. The van der Waals surface area contributed by atoms with E-state index < -0.39 is 0 Å². The second-order valence-corrected chi connectivity index (χ2v) is 17.0. The molecule has 64 heavy (non-hydrogen) atoms. The molecule has 0 bridgehead atoms. The summed E-state index contributed by atoms with van der Waals surface area (Å²) in [6, 6.07) is 37.7. The van der Waals surface area contributed by atoms with Gasteiger partial charge in [0.05, 0.1) is 5.69 Å². The lowest BCUT2D eigenvalue weighted by atomic mass is 9.67. The maximum Gasteiger partial charge on any atom is 0.166 e. The molecule has 0 aliphatic heterocycles. The van der Waals surface area contributed by atoms with Crippen molar-refractivity contribution in [2.24, 2.45) is 0 Å². The van der Waals surface area contributed by atoms with E-state index >= 15 is 0 Å². The predicted molar refractivity (Wildman–Crippen MR) is 267 cm³/mol. The molecule has 8 aromatic rings. The minimum Gasteiger partial charge on any atom is -0.507 e. The molecule has 6 nitrogen and oxygen atoms in total. The smallest absolute Gasteiger partial charge is 0.166 e. The van der Waals surface area contributed by atoms with Crippen molar-refractivity contribution in [1.29, 1.82) is 0 Å². The molecule has 0 spiro atoms. The SMILES string of the molecule is C[B]c1c(C)c(O)c(O)c(-c2c(C)c(-c3c(C)c(C)c(O)c(C)c3O)c3c(ccc4ccc(N(c5cccc(C6=CCCC=C6)c5)c5ccccc5-c5ccccc5)cc43)c2O)c1C. The molecule has 0 saturated heterocycles. The molecule has 0 atom stereocenters. The third kappa shape index (κ3) is 6.66. The summed E-state index contributed by atoms with van der Waals surface area (Å²) in [4.78, 5) is 2.29. The van der Waals surface area contributed by atoms with Crippen molar-refractivity contribution in [2.75, 3.05) is 4.90 Å². The van der Waals surface area contributed by atoms with Gasteiger partial charge in [-0.15, -0.1) is 0 Å². The van der Waals surface area contributed by atoms with Crippen molar-refractivity contribution in [2.45, 2.75) is 61.2 Å². The van der Waals surface area contributed by atoms with E-state index in [4.69, 9.17) is 0 Å². The van der Waals surface area contributed by atoms with Crippen molar-refractivity contribution in [3.05, 3.63) is 166 Å². The van der Waals surface area contributed by atoms with Crippen LogP contribution in [0.4, 0.5) is 17.1 Å². The van der Waals surface area contributed by atoms with Crippen LogP contribution in [0.1, 0.15) is 51.8 Å². The number of benzene rings is 8. The van der Waals surface area contributed by atoms with Crippen LogP contribution in [0.25, 0.3) is 60.5 Å². The Balaban J connectivity index is 1.42. The number of hydrogen-bond acceptors (Lipinski definition) is 6. The van der Waals surface area contributed by atoms with Gasteiger partial charge in [0, 0.05) is 50.0 Å². The summed E-state index contributed by atoms with van der Waals surface area (Å²) in [6.07, 6.45) is 8.72. The molecule has 0 amide bonds. The number of hydrogen-bond donors (Lipinski definition) is 5. The zero-order valence-corrected chi connectivity index (χ0v) is 37.3. The van der Waals surface area contributed by atoms with Gasteiger partial charge in [-0.3, -0.25) is 0 Å². The highest BCUT2D eigenvalue weighted by Crippen LogP contribution is 2.55.